The smallest absolute Gasteiger partial charge is 0.147 e. The molecule has 0 bridgehead atoms. The van der Waals surface area contributed by atoms with Gasteiger partial charge < -0.3 is 5.32 Å². The van der Waals surface area contributed by atoms with Gasteiger partial charge in [0, 0.05) is 30.4 Å². The molecule has 0 radical (unpaired) electrons. The van der Waals surface area contributed by atoms with Crippen LogP contribution in [0, 0.1) is 0 Å². The third-order valence-electron chi connectivity index (χ3n) is 3.28. The number of hydrogen-bond acceptors (Lipinski definition) is 4. The molecule has 0 amide bonds. The maximum Gasteiger partial charge on any atom is 0.147 e. The van der Waals surface area contributed by atoms with Crippen LogP contribution in [-0.2, 0) is 16.3 Å². The summed E-state index contributed by atoms with van der Waals surface area (Å²) in [7, 11) is -2.84. The van der Waals surface area contributed by atoms with Crippen LogP contribution >= 0.6 is 0 Å². The molecule has 1 atom stereocenters. The molecule has 0 aliphatic carbocycles. The van der Waals surface area contributed by atoms with E-state index in [1.165, 1.54) is 11.8 Å². The Morgan fingerprint density at radius 2 is 1.95 bits per heavy atom. The molecule has 114 valence electrons. The van der Waals surface area contributed by atoms with Crippen molar-refractivity contribution in [1.82, 2.24) is 10.3 Å². The molecule has 1 N–H and O–H groups in total. The molecular weight excluding hydrogens is 272 g/mol. The van der Waals surface area contributed by atoms with Gasteiger partial charge in [0.2, 0.25) is 0 Å². The topological polar surface area (TPSA) is 59.1 Å². The highest BCUT2D eigenvalue weighted by Gasteiger charge is 2.10. The fraction of sp³-hybridized carbons (Fsp3) is 0.667. The summed E-state index contributed by atoms with van der Waals surface area (Å²) in [5.41, 5.74) is 1.28. The number of aryl methyl sites for hydroxylation is 1. The zero-order chi connectivity index (χ0) is 14.8. The predicted molar refractivity (Wildman–Crippen MR) is 83.6 cm³/mol. The summed E-state index contributed by atoms with van der Waals surface area (Å²) < 4.78 is 22.4. The molecule has 0 fully saturated rings. The first kappa shape index (κ1) is 17.1. The third kappa shape index (κ3) is 8.27. The van der Waals surface area contributed by atoms with Crippen LogP contribution in [0.15, 0.2) is 24.5 Å². The normalized spacial score (nSPS) is 13.3. The molecular formula is C15H26N2O2S. The first-order valence-corrected chi connectivity index (χ1v) is 9.37. The number of hydrogen-bond donors (Lipinski definition) is 1. The maximum atomic E-state index is 11.2. The molecule has 1 rings (SSSR count). The highest BCUT2D eigenvalue weighted by atomic mass is 32.2. The predicted octanol–water partition coefficient (Wildman–Crippen LogP) is 2.21. The van der Waals surface area contributed by atoms with Crippen LogP contribution in [0.3, 0.4) is 0 Å². The van der Waals surface area contributed by atoms with Crippen molar-refractivity contribution in [1.29, 1.82) is 0 Å². The minimum Gasteiger partial charge on any atom is -0.314 e. The zero-order valence-corrected chi connectivity index (χ0v) is 13.3. The van der Waals surface area contributed by atoms with E-state index in [1.54, 1.807) is 0 Å². The minimum absolute atomic E-state index is 0.284. The van der Waals surface area contributed by atoms with Crippen LogP contribution < -0.4 is 5.32 Å². The summed E-state index contributed by atoms with van der Waals surface area (Å²) in [6.45, 7) is 3.13. The summed E-state index contributed by atoms with van der Waals surface area (Å²) in [4.78, 5) is 4.02. The largest absolute Gasteiger partial charge is 0.314 e. The van der Waals surface area contributed by atoms with Gasteiger partial charge >= 0.3 is 0 Å². The summed E-state index contributed by atoms with van der Waals surface area (Å²) in [6.07, 6.45) is 9.71. The maximum absolute atomic E-state index is 11.2. The quantitative estimate of drug-likeness (QED) is 0.719. The monoisotopic (exact) mass is 298 g/mol. The van der Waals surface area contributed by atoms with Crippen LogP contribution in [0.1, 0.15) is 38.2 Å². The van der Waals surface area contributed by atoms with Gasteiger partial charge in [0.15, 0.2) is 0 Å². The SMILES string of the molecule is CCCNC(CCCS(C)(=O)=O)CCc1ccncc1. The fourth-order valence-electron chi connectivity index (χ4n) is 2.18. The van der Waals surface area contributed by atoms with E-state index in [2.05, 4.69) is 17.2 Å². The van der Waals surface area contributed by atoms with Gasteiger partial charge in [-0.15, -0.1) is 0 Å². The molecule has 1 aromatic rings. The lowest BCUT2D eigenvalue weighted by molar-refractivity contribution is 0.448. The van der Waals surface area contributed by atoms with Gasteiger partial charge in [-0.25, -0.2) is 8.42 Å². The van der Waals surface area contributed by atoms with E-state index in [4.69, 9.17) is 0 Å². The Kier molecular flexibility index (Phi) is 7.77. The average molecular weight is 298 g/mol. The average Bonchev–Trinajstić information content (AvgIpc) is 2.41. The van der Waals surface area contributed by atoms with Gasteiger partial charge in [0.05, 0.1) is 0 Å². The van der Waals surface area contributed by atoms with E-state index < -0.39 is 9.84 Å². The summed E-state index contributed by atoms with van der Waals surface area (Å²) in [5, 5.41) is 3.52. The van der Waals surface area contributed by atoms with Crippen molar-refractivity contribution in [3.8, 4) is 0 Å². The molecule has 0 spiro atoms. The molecule has 1 aromatic heterocycles. The van der Waals surface area contributed by atoms with Gasteiger partial charge in [-0.2, -0.15) is 0 Å². The Bertz CT molecular complexity index is 460. The second-order valence-corrected chi connectivity index (χ2v) is 7.58. The number of rotatable bonds is 10. The van der Waals surface area contributed by atoms with E-state index in [9.17, 15) is 8.42 Å². The van der Waals surface area contributed by atoms with E-state index in [0.29, 0.717) is 6.04 Å². The lowest BCUT2D eigenvalue weighted by atomic mass is 10.0. The lowest BCUT2D eigenvalue weighted by Gasteiger charge is -2.18. The fourth-order valence-corrected chi connectivity index (χ4v) is 2.87. The van der Waals surface area contributed by atoms with Gasteiger partial charge in [-0.05, 0) is 56.3 Å². The molecule has 20 heavy (non-hydrogen) atoms. The molecule has 0 aliphatic heterocycles. The van der Waals surface area contributed by atoms with E-state index in [-0.39, 0.29) is 5.75 Å². The number of pyridine rings is 1. The van der Waals surface area contributed by atoms with Crippen LogP contribution in [-0.4, -0.2) is 38.0 Å². The van der Waals surface area contributed by atoms with Crippen molar-refractivity contribution >= 4 is 9.84 Å². The molecule has 0 saturated heterocycles. The van der Waals surface area contributed by atoms with E-state index >= 15 is 0 Å². The van der Waals surface area contributed by atoms with Crippen LogP contribution in [0.2, 0.25) is 0 Å². The molecule has 1 heterocycles. The molecule has 4 nitrogen and oxygen atoms in total. The Hall–Kier alpha value is -0.940. The summed E-state index contributed by atoms with van der Waals surface area (Å²) in [5.74, 6) is 0.284. The van der Waals surface area contributed by atoms with Crippen molar-refractivity contribution in [3.05, 3.63) is 30.1 Å². The van der Waals surface area contributed by atoms with Gasteiger partial charge in [-0.1, -0.05) is 6.92 Å². The van der Waals surface area contributed by atoms with Crippen molar-refractivity contribution in [2.75, 3.05) is 18.6 Å². The Labute approximate surface area is 122 Å². The highest BCUT2D eigenvalue weighted by Crippen LogP contribution is 2.09. The van der Waals surface area contributed by atoms with Crippen LogP contribution in [0.25, 0.3) is 0 Å². The molecule has 1 unspecified atom stereocenters. The Morgan fingerprint density at radius 3 is 2.55 bits per heavy atom. The van der Waals surface area contributed by atoms with Crippen molar-refractivity contribution in [2.24, 2.45) is 0 Å². The number of nitrogens with one attached hydrogen (secondary N) is 1. The molecule has 0 aliphatic rings. The van der Waals surface area contributed by atoms with E-state index in [1.807, 2.05) is 24.5 Å². The molecule has 5 heteroatoms. The van der Waals surface area contributed by atoms with Gasteiger partial charge in [0.25, 0.3) is 0 Å². The number of aromatic nitrogens is 1. The van der Waals surface area contributed by atoms with Crippen molar-refractivity contribution < 1.29 is 8.42 Å². The molecule has 0 saturated carbocycles. The minimum atomic E-state index is -2.84. The van der Waals surface area contributed by atoms with Crippen LogP contribution in [0.5, 0.6) is 0 Å². The van der Waals surface area contributed by atoms with Crippen molar-refractivity contribution in [2.45, 2.75) is 45.1 Å². The summed E-state index contributed by atoms with van der Waals surface area (Å²) >= 11 is 0. The second kappa shape index (κ2) is 9.08. The Morgan fingerprint density at radius 1 is 1.25 bits per heavy atom. The van der Waals surface area contributed by atoms with Gasteiger partial charge in [-0.3, -0.25) is 4.98 Å². The van der Waals surface area contributed by atoms with E-state index in [0.717, 1.165) is 38.6 Å². The molecule has 0 aromatic carbocycles. The standard InChI is InChI=1S/C15H26N2O2S/c1-3-10-17-15(5-4-13-20(2,18)19)7-6-14-8-11-16-12-9-14/h8-9,11-12,15,17H,3-7,10,13H2,1-2H3. The highest BCUT2D eigenvalue weighted by molar-refractivity contribution is 7.90. The zero-order valence-electron chi connectivity index (χ0n) is 12.5. The first-order valence-electron chi connectivity index (χ1n) is 7.31. The number of sulfone groups is 1. The third-order valence-corrected chi connectivity index (χ3v) is 4.31. The first-order chi connectivity index (χ1) is 9.51. The van der Waals surface area contributed by atoms with Gasteiger partial charge in [0.1, 0.15) is 9.84 Å². The second-order valence-electron chi connectivity index (χ2n) is 5.32. The summed E-state index contributed by atoms with van der Waals surface area (Å²) in [6, 6.07) is 4.46. The Balaban J connectivity index is 2.39. The lowest BCUT2D eigenvalue weighted by Crippen LogP contribution is -2.30. The van der Waals surface area contributed by atoms with Crippen molar-refractivity contribution in [3.63, 3.8) is 0 Å². The number of nitrogens with zero attached hydrogens (tertiary/aromatic N) is 1. The van der Waals surface area contributed by atoms with Crippen LogP contribution in [0.4, 0.5) is 0 Å².